The van der Waals surface area contributed by atoms with E-state index in [4.69, 9.17) is 0 Å². The van der Waals surface area contributed by atoms with E-state index in [1.807, 2.05) is 0 Å². The maximum Gasteiger partial charge on any atom is 0.0481 e. The third kappa shape index (κ3) is 5.97. The Morgan fingerprint density at radius 2 is 0.892 bits per heavy atom. The summed E-state index contributed by atoms with van der Waals surface area (Å²) in [6.45, 7) is 0. The van der Waals surface area contributed by atoms with E-state index in [0.29, 0.717) is 0 Å². The molecule has 0 saturated heterocycles. The Kier molecular flexibility index (Phi) is 8.06. The average Bonchev–Trinajstić information content (AvgIpc) is 2.99. The van der Waals surface area contributed by atoms with Crippen LogP contribution in [0.15, 0.2) is 164 Å². The van der Waals surface area contributed by atoms with E-state index in [1.165, 1.54) is 27.1 Å². The van der Waals surface area contributed by atoms with Gasteiger partial charge in [-0.05, 0) is 53.2 Å². The number of anilines is 1. The molecule has 0 heterocycles. The molecule has 0 N–H and O–H groups in total. The molecule has 0 fully saturated rings. The van der Waals surface area contributed by atoms with Crippen molar-refractivity contribution in [2.24, 2.45) is 0 Å². The molecule has 5 aromatic rings. The molecular weight excluding hydrogens is 465 g/mol. The maximum atomic E-state index is 2.34. The van der Waals surface area contributed by atoms with Crippen LogP contribution in [0.1, 0.15) is 11.1 Å². The van der Waals surface area contributed by atoms with Crippen LogP contribution < -0.4 is 15.5 Å². The molecule has 0 unspecified atom stereocenters. The summed E-state index contributed by atoms with van der Waals surface area (Å²) in [7, 11) is 1.37. The molecular formula is C35H30NP. The summed E-state index contributed by atoms with van der Waals surface area (Å²) in [5, 5.41) is 4.00. The number of benzene rings is 5. The van der Waals surface area contributed by atoms with Crippen molar-refractivity contribution in [3.05, 3.63) is 175 Å². The molecule has 0 amide bonds. The highest BCUT2D eigenvalue weighted by atomic mass is 31.1. The van der Waals surface area contributed by atoms with Crippen LogP contribution >= 0.6 is 7.92 Å². The Bertz CT molecular complexity index is 1410. The van der Waals surface area contributed by atoms with Gasteiger partial charge in [0.15, 0.2) is 0 Å². The van der Waals surface area contributed by atoms with Crippen LogP contribution in [0, 0.1) is 0 Å². The van der Waals surface area contributed by atoms with Crippen molar-refractivity contribution in [2.75, 3.05) is 11.9 Å². The van der Waals surface area contributed by atoms with E-state index >= 15 is 0 Å². The molecule has 37 heavy (non-hydrogen) atoms. The first kappa shape index (κ1) is 24.5. The second kappa shape index (κ2) is 12.2. The first-order chi connectivity index (χ1) is 18.3. The van der Waals surface area contributed by atoms with Gasteiger partial charge in [0.2, 0.25) is 0 Å². The van der Waals surface area contributed by atoms with Gasteiger partial charge in [-0.1, -0.05) is 146 Å². The first-order valence-corrected chi connectivity index (χ1v) is 13.9. The molecule has 0 aliphatic rings. The lowest BCUT2D eigenvalue weighted by atomic mass is 10.1. The van der Waals surface area contributed by atoms with E-state index in [9.17, 15) is 0 Å². The molecule has 180 valence electrons. The number of rotatable bonds is 8. The van der Waals surface area contributed by atoms with E-state index in [-0.39, 0.29) is 0 Å². The van der Waals surface area contributed by atoms with Crippen molar-refractivity contribution in [1.29, 1.82) is 0 Å². The van der Waals surface area contributed by atoms with Gasteiger partial charge in [0.1, 0.15) is 0 Å². The molecule has 0 saturated carbocycles. The summed E-state index contributed by atoms with van der Waals surface area (Å²) in [5.74, 6) is 0. The Labute approximate surface area is 221 Å². The fourth-order valence-electron chi connectivity index (χ4n) is 4.45. The minimum atomic E-state index is -0.766. The lowest BCUT2D eigenvalue weighted by Gasteiger charge is -2.25. The fraction of sp³-hybridized carbons (Fsp3) is 0.0286. The van der Waals surface area contributed by atoms with Gasteiger partial charge in [-0.3, -0.25) is 0 Å². The molecule has 0 spiro atoms. The number of allylic oxidation sites excluding steroid dienone is 2. The minimum Gasteiger partial charge on any atom is -0.344 e. The zero-order valence-electron chi connectivity index (χ0n) is 21.0. The third-order valence-corrected chi connectivity index (χ3v) is 8.83. The third-order valence-electron chi connectivity index (χ3n) is 6.31. The Morgan fingerprint density at radius 1 is 0.486 bits per heavy atom. The molecule has 0 aliphatic carbocycles. The van der Waals surface area contributed by atoms with Crippen molar-refractivity contribution in [2.45, 2.75) is 0 Å². The van der Waals surface area contributed by atoms with Gasteiger partial charge >= 0.3 is 0 Å². The topological polar surface area (TPSA) is 3.24 Å². The molecule has 0 aromatic heterocycles. The number of hydrogen-bond acceptors (Lipinski definition) is 1. The van der Waals surface area contributed by atoms with Gasteiger partial charge in [-0.2, -0.15) is 0 Å². The van der Waals surface area contributed by atoms with Crippen molar-refractivity contribution in [3.63, 3.8) is 0 Å². The molecule has 5 aromatic carbocycles. The van der Waals surface area contributed by atoms with Crippen LogP contribution in [0.5, 0.6) is 0 Å². The summed E-state index contributed by atoms with van der Waals surface area (Å²) in [5.41, 5.74) is 4.73. The molecule has 2 heteroatoms. The van der Waals surface area contributed by atoms with Crippen LogP contribution in [0.4, 0.5) is 5.69 Å². The summed E-state index contributed by atoms with van der Waals surface area (Å²) >= 11 is 0. The van der Waals surface area contributed by atoms with Crippen LogP contribution in [-0.4, -0.2) is 7.05 Å². The van der Waals surface area contributed by atoms with E-state index < -0.39 is 7.92 Å². The SMILES string of the molecule is CN(/C(=C\C=C(/c1ccccc1)P(c1ccccc1)c1ccccc1)c1ccccc1)c1ccccc1. The quantitative estimate of drug-likeness (QED) is 0.154. The normalized spacial score (nSPS) is 11.9. The van der Waals surface area contributed by atoms with Crippen molar-refractivity contribution in [1.82, 2.24) is 0 Å². The molecule has 5 rings (SSSR count). The van der Waals surface area contributed by atoms with Crippen molar-refractivity contribution < 1.29 is 0 Å². The molecule has 0 bridgehead atoms. The first-order valence-electron chi connectivity index (χ1n) is 12.5. The highest BCUT2D eigenvalue weighted by molar-refractivity contribution is 7.82. The number of para-hydroxylation sites is 1. The largest absolute Gasteiger partial charge is 0.344 e. The minimum absolute atomic E-state index is 0.766. The standard InChI is InChI=1S/C35H30NP/c1-36(31-21-11-4-12-22-31)34(29-17-7-2-8-18-29)27-28-35(30-19-9-3-10-20-30)37(32-23-13-5-14-24-32)33-25-15-6-16-26-33/h2-28H,1H3/b34-27-,35-28+. The highest BCUT2D eigenvalue weighted by Crippen LogP contribution is 2.49. The monoisotopic (exact) mass is 495 g/mol. The van der Waals surface area contributed by atoms with Crippen molar-refractivity contribution in [3.8, 4) is 0 Å². The second-order valence-corrected chi connectivity index (χ2v) is 10.9. The van der Waals surface area contributed by atoms with Gasteiger partial charge in [-0.25, -0.2) is 0 Å². The summed E-state index contributed by atoms with van der Waals surface area (Å²) in [4.78, 5) is 2.27. The maximum absolute atomic E-state index is 2.34. The van der Waals surface area contributed by atoms with Crippen LogP contribution in [0.3, 0.4) is 0 Å². The molecule has 0 aliphatic heterocycles. The number of nitrogens with zero attached hydrogens (tertiary/aromatic N) is 1. The predicted octanol–water partition coefficient (Wildman–Crippen LogP) is 8.34. The van der Waals surface area contributed by atoms with E-state index in [1.54, 1.807) is 0 Å². The highest BCUT2D eigenvalue weighted by Gasteiger charge is 2.20. The van der Waals surface area contributed by atoms with Gasteiger partial charge in [0.25, 0.3) is 0 Å². The summed E-state index contributed by atoms with van der Waals surface area (Å²) in [6, 6.07) is 53.8. The second-order valence-electron chi connectivity index (χ2n) is 8.74. The lowest BCUT2D eigenvalue weighted by Crippen LogP contribution is -2.15. The Hall–Kier alpha value is -4.19. The Morgan fingerprint density at radius 3 is 1.38 bits per heavy atom. The number of hydrogen-bond donors (Lipinski definition) is 0. The van der Waals surface area contributed by atoms with Gasteiger partial charge in [0.05, 0.1) is 0 Å². The average molecular weight is 496 g/mol. The van der Waals surface area contributed by atoms with Crippen LogP contribution in [-0.2, 0) is 0 Å². The molecule has 0 atom stereocenters. The van der Waals surface area contributed by atoms with E-state index in [2.05, 4.69) is 176 Å². The van der Waals surface area contributed by atoms with Crippen molar-refractivity contribution >= 4 is 35.2 Å². The lowest BCUT2D eigenvalue weighted by molar-refractivity contribution is 1.22. The fourth-order valence-corrected chi connectivity index (χ4v) is 6.88. The zero-order valence-corrected chi connectivity index (χ0v) is 21.9. The van der Waals surface area contributed by atoms with Crippen LogP contribution in [0.25, 0.3) is 11.0 Å². The summed E-state index contributed by atoms with van der Waals surface area (Å²) in [6.07, 6.45) is 4.62. The van der Waals surface area contributed by atoms with Gasteiger partial charge < -0.3 is 4.90 Å². The Balaban J connectivity index is 1.71. The van der Waals surface area contributed by atoms with Gasteiger partial charge in [0, 0.05) is 18.4 Å². The zero-order chi connectivity index (χ0) is 25.3. The van der Waals surface area contributed by atoms with Crippen LogP contribution in [0.2, 0.25) is 0 Å². The molecule has 1 nitrogen and oxygen atoms in total. The predicted molar refractivity (Wildman–Crippen MR) is 163 cm³/mol. The summed E-state index contributed by atoms with van der Waals surface area (Å²) < 4.78 is 0. The molecule has 0 radical (unpaired) electrons. The van der Waals surface area contributed by atoms with E-state index in [0.717, 1.165) is 11.4 Å². The van der Waals surface area contributed by atoms with Gasteiger partial charge in [-0.15, -0.1) is 0 Å². The smallest absolute Gasteiger partial charge is 0.0481 e.